The molecule has 1 saturated carbocycles. The summed E-state index contributed by atoms with van der Waals surface area (Å²) in [4.78, 5) is 2.49. The molecule has 0 aliphatic heterocycles. The summed E-state index contributed by atoms with van der Waals surface area (Å²) in [6.45, 7) is 6.31. The quantitative estimate of drug-likeness (QED) is 0.437. The van der Waals surface area contributed by atoms with Gasteiger partial charge in [0, 0.05) is 12.6 Å². The van der Waals surface area contributed by atoms with Gasteiger partial charge in [-0.2, -0.15) is 5.26 Å². The third-order valence-corrected chi connectivity index (χ3v) is 6.70. The number of nitrogens with zero attached hydrogens (tertiary/aromatic N) is 2. The van der Waals surface area contributed by atoms with Crippen molar-refractivity contribution in [1.82, 2.24) is 4.90 Å². The van der Waals surface area contributed by atoms with Gasteiger partial charge in [0.1, 0.15) is 0 Å². The van der Waals surface area contributed by atoms with E-state index in [-0.39, 0.29) is 5.92 Å². The van der Waals surface area contributed by atoms with Crippen molar-refractivity contribution >= 4 is 0 Å². The van der Waals surface area contributed by atoms with Crippen molar-refractivity contribution in [2.24, 2.45) is 5.92 Å². The normalized spacial score (nSPS) is 16.8. The lowest BCUT2D eigenvalue weighted by atomic mass is 9.73. The maximum Gasteiger partial charge on any atom is 0.159 e. The van der Waals surface area contributed by atoms with Crippen LogP contribution >= 0.6 is 0 Å². The van der Waals surface area contributed by atoms with E-state index in [1.807, 2.05) is 6.07 Å². The molecule has 0 aromatic heterocycles. The molecule has 2 nitrogen and oxygen atoms in total. The second kappa shape index (κ2) is 10.2. The van der Waals surface area contributed by atoms with Gasteiger partial charge in [-0.15, -0.1) is 0 Å². The van der Waals surface area contributed by atoms with E-state index < -0.39 is 17.0 Å². The van der Waals surface area contributed by atoms with Crippen molar-refractivity contribution in [3.8, 4) is 6.07 Å². The Kier molecular flexibility index (Phi) is 7.61. The second-order valence-electron chi connectivity index (χ2n) is 8.45. The predicted octanol–water partition coefficient (Wildman–Crippen LogP) is 6.26. The van der Waals surface area contributed by atoms with Gasteiger partial charge in [-0.05, 0) is 74.2 Å². The van der Waals surface area contributed by atoms with Crippen molar-refractivity contribution in [1.29, 1.82) is 5.26 Å². The summed E-state index contributed by atoms with van der Waals surface area (Å²) in [5, 5.41) is 10.2. The van der Waals surface area contributed by atoms with Crippen LogP contribution in [0.5, 0.6) is 0 Å². The summed E-state index contributed by atoms with van der Waals surface area (Å²) in [6, 6.07) is 17.4. The molecule has 2 unspecified atom stereocenters. The minimum Gasteiger partial charge on any atom is -0.300 e. The third kappa shape index (κ3) is 5.08. The van der Waals surface area contributed by atoms with Gasteiger partial charge >= 0.3 is 0 Å². The van der Waals surface area contributed by atoms with Gasteiger partial charge in [-0.25, -0.2) is 8.78 Å². The number of hydrogen-bond acceptors (Lipinski definition) is 2. The molecule has 1 fully saturated rings. The van der Waals surface area contributed by atoms with E-state index in [9.17, 15) is 14.0 Å². The van der Waals surface area contributed by atoms with Gasteiger partial charge in [0.05, 0.1) is 11.5 Å². The number of hydrogen-bond donors (Lipinski definition) is 0. The first-order chi connectivity index (χ1) is 14.5. The molecule has 2 atom stereocenters. The molecule has 2 aromatic carbocycles. The molecule has 0 heterocycles. The predicted molar refractivity (Wildman–Crippen MR) is 117 cm³/mol. The Bertz CT molecular complexity index is 857. The molecular weight excluding hydrogens is 378 g/mol. The molecule has 160 valence electrons. The lowest BCUT2D eigenvalue weighted by Gasteiger charge is -2.34. The average molecular weight is 411 g/mol. The Balaban J connectivity index is 1.72. The average Bonchev–Trinajstić information content (AvgIpc) is 3.62. The van der Waals surface area contributed by atoms with E-state index in [1.54, 1.807) is 6.07 Å². The Morgan fingerprint density at radius 3 is 2.40 bits per heavy atom. The van der Waals surface area contributed by atoms with Gasteiger partial charge in [-0.3, -0.25) is 0 Å². The molecule has 0 bridgehead atoms. The van der Waals surface area contributed by atoms with Crippen LogP contribution in [0.15, 0.2) is 48.5 Å². The Morgan fingerprint density at radius 2 is 1.83 bits per heavy atom. The van der Waals surface area contributed by atoms with Crippen LogP contribution in [-0.2, 0) is 11.8 Å². The Hall–Kier alpha value is -2.25. The summed E-state index contributed by atoms with van der Waals surface area (Å²) in [5.41, 5.74) is 1.24. The first kappa shape index (κ1) is 22.4. The van der Waals surface area contributed by atoms with Gasteiger partial charge in [0.25, 0.3) is 0 Å². The van der Waals surface area contributed by atoms with Crippen LogP contribution in [0.3, 0.4) is 0 Å². The van der Waals surface area contributed by atoms with E-state index >= 15 is 0 Å². The highest BCUT2D eigenvalue weighted by Crippen LogP contribution is 2.50. The highest BCUT2D eigenvalue weighted by Gasteiger charge is 2.47. The Morgan fingerprint density at radius 1 is 1.10 bits per heavy atom. The van der Waals surface area contributed by atoms with Crippen molar-refractivity contribution < 1.29 is 8.78 Å². The summed E-state index contributed by atoms with van der Waals surface area (Å²) >= 11 is 0. The topological polar surface area (TPSA) is 27.0 Å². The summed E-state index contributed by atoms with van der Waals surface area (Å²) in [5.74, 6) is -1.48. The Labute approximate surface area is 179 Å². The summed E-state index contributed by atoms with van der Waals surface area (Å²) < 4.78 is 27.4. The monoisotopic (exact) mass is 410 g/mol. The number of rotatable bonds is 11. The van der Waals surface area contributed by atoms with Crippen LogP contribution in [0.2, 0.25) is 0 Å². The van der Waals surface area contributed by atoms with Crippen LogP contribution in [0, 0.1) is 28.9 Å². The lowest BCUT2D eigenvalue weighted by molar-refractivity contribution is 0.181. The zero-order valence-electron chi connectivity index (χ0n) is 18.1. The fourth-order valence-corrected chi connectivity index (χ4v) is 4.70. The minimum absolute atomic E-state index is 0.240. The molecular formula is C26H32F2N2. The fourth-order valence-electron chi connectivity index (χ4n) is 4.70. The first-order valence-electron chi connectivity index (χ1n) is 11.2. The molecule has 1 aliphatic rings. The van der Waals surface area contributed by atoms with E-state index in [0.29, 0.717) is 18.0 Å². The molecule has 4 heteroatoms. The molecule has 30 heavy (non-hydrogen) atoms. The zero-order chi connectivity index (χ0) is 21.6. The largest absolute Gasteiger partial charge is 0.300 e. The third-order valence-electron chi connectivity index (χ3n) is 6.70. The molecule has 1 aliphatic carbocycles. The van der Waals surface area contributed by atoms with Gasteiger partial charge < -0.3 is 4.90 Å². The maximum absolute atomic E-state index is 13.9. The molecule has 2 aromatic rings. The molecule has 0 spiro atoms. The van der Waals surface area contributed by atoms with E-state index in [0.717, 1.165) is 51.3 Å². The SMILES string of the molecule is CCC(CCC(C#N)(c1ccc(F)c(F)c1)C1CC1)N(CC)CCc1ccccc1. The van der Waals surface area contributed by atoms with Gasteiger partial charge in [-0.1, -0.05) is 50.2 Å². The van der Waals surface area contributed by atoms with Crippen LogP contribution in [0.25, 0.3) is 0 Å². The first-order valence-corrected chi connectivity index (χ1v) is 11.2. The van der Waals surface area contributed by atoms with Gasteiger partial charge in [0.15, 0.2) is 11.6 Å². The van der Waals surface area contributed by atoms with Crippen LogP contribution < -0.4 is 0 Å². The zero-order valence-corrected chi connectivity index (χ0v) is 18.1. The molecule has 0 radical (unpaired) electrons. The van der Waals surface area contributed by atoms with Gasteiger partial charge in [0.2, 0.25) is 0 Å². The second-order valence-corrected chi connectivity index (χ2v) is 8.45. The molecule has 0 amide bonds. The standard InChI is InChI=1S/C26H32F2N2/c1-3-23(30(4-2)17-15-20-8-6-5-7-9-20)14-16-26(19-29,21-10-11-21)22-12-13-24(27)25(28)18-22/h5-9,12-13,18,21,23H,3-4,10-11,14-17H2,1-2H3. The lowest BCUT2D eigenvalue weighted by Crippen LogP contribution is -2.38. The number of halogens is 2. The summed E-state index contributed by atoms with van der Waals surface area (Å²) in [6.07, 6.45) is 5.53. The maximum atomic E-state index is 13.9. The van der Waals surface area contributed by atoms with Crippen molar-refractivity contribution in [2.75, 3.05) is 13.1 Å². The van der Waals surface area contributed by atoms with Crippen molar-refractivity contribution in [2.45, 2.75) is 63.8 Å². The smallest absolute Gasteiger partial charge is 0.159 e. The number of likely N-dealkylation sites (N-methyl/N-ethyl adjacent to an activating group) is 1. The van der Waals surface area contributed by atoms with Crippen LogP contribution in [0.1, 0.15) is 57.1 Å². The minimum atomic E-state index is -0.863. The molecule has 3 rings (SSSR count). The van der Waals surface area contributed by atoms with Crippen molar-refractivity contribution in [3.63, 3.8) is 0 Å². The van der Waals surface area contributed by atoms with E-state index in [2.05, 4.69) is 49.1 Å². The highest BCUT2D eigenvalue weighted by molar-refractivity contribution is 5.36. The highest BCUT2D eigenvalue weighted by atomic mass is 19.2. The molecule has 0 saturated heterocycles. The summed E-state index contributed by atoms with van der Waals surface area (Å²) in [7, 11) is 0. The van der Waals surface area contributed by atoms with E-state index in [1.165, 1.54) is 11.6 Å². The van der Waals surface area contributed by atoms with E-state index in [4.69, 9.17) is 0 Å². The number of benzene rings is 2. The number of nitriles is 1. The van der Waals surface area contributed by atoms with Crippen LogP contribution in [-0.4, -0.2) is 24.0 Å². The van der Waals surface area contributed by atoms with Crippen molar-refractivity contribution in [3.05, 3.63) is 71.3 Å². The fraction of sp³-hybridized carbons (Fsp3) is 0.500. The molecule has 0 N–H and O–H groups in total. The van der Waals surface area contributed by atoms with Crippen LogP contribution in [0.4, 0.5) is 8.78 Å².